The van der Waals surface area contributed by atoms with E-state index in [1.54, 1.807) is 0 Å². The highest BCUT2D eigenvalue weighted by Crippen LogP contribution is 2.20. The number of benzene rings is 1. The molecule has 0 spiro atoms. The highest BCUT2D eigenvalue weighted by atomic mass is 16.6. The molecule has 0 aromatic heterocycles. The van der Waals surface area contributed by atoms with Gasteiger partial charge in [0.05, 0.1) is 18.0 Å². The monoisotopic (exact) mass is 414 g/mol. The highest BCUT2D eigenvalue weighted by molar-refractivity contribution is 6.01. The van der Waals surface area contributed by atoms with Gasteiger partial charge in [0.1, 0.15) is 12.7 Å². The molecule has 8 heteroatoms. The number of aliphatic carboxylic acids is 1. The summed E-state index contributed by atoms with van der Waals surface area (Å²) in [6, 6.07) is 8.32. The lowest BCUT2D eigenvalue weighted by Gasteiger charge is -2.32. The standard InChI is InChI=1S/C22H30N4O4/c27-22(28)16-29-19-7-11-25(12-8-19)15-20-13-21(24-30-20)18-5-3-17(4-6-18)14-23-26-9-1-2-10-26/h3-6,14,19-20H,1-2,7-13,15-16H2,(H,27,28). The second-order valence-corrected chi connectivity index (χ2v) is 8.20. The molecule has 0 aliphatic carbocycles. The fourth-order valence-electron chi connectivity index (χ4n) is 4.16. The van der Waals surface area contributed by atoms with E-state index in [9.17, 15) is 4.79 Å². The zero-order valence-corrected chi connectivity index (χ0v) is 17.3. The second-order valence-electron chi connectivity index (χ2n) is 8.20. The molecule has 30 heavy (non-hydrogen) atoms. The molecule has 0 bridgehead atoms. The van der Waals surface area contributed by atoms with Gasteiger partial charge in [-0.1, -0.05) is 29.4 Å². The number of hydrogen-bond acceptors (Lipinski definition) is 7. The van der Waals surface area contributed by atoms with Crippen LogP contribution in [-0.2, 0) is 14.4 Å². The number of carbonyl (C=O) groups is 1. The summed E-state index contributed by atoms with van der Waals surface area (Å²) in [5, 5.41) is 19.7. The number of carboxylic acids is 1. The zero-order valence-electron chi connectivity index (χ0n) is 17.3. The van der Waals surface area contributed by atoms with Crippen molar-refractivity contribution in [1.82, 2.24) is 9.91 Å². The van der Waals surface area contributed by atoms with Gasteiger partial charge in [0, 0.05) is 39.1 Å². The van der Waals surface area contributed by atoms with Gasteiger partial charge in [-0.15, -0.1) is 0 Å². The van der Waals surface area contributed by atoms with Crippen LogP contribution < -0.4 is 0 Å². The van der Waals surface area contributed by atoms with Gasteiger partial charge in [0.15, 0.2) is 0 Å². The van der Waals surface area contributed by atoms with Crippen molar-refractivity contribution in [2.45, 2.75) is 44.3 Å². The molecule has 0 saturated carbocycles. The third-order valence-electron chi connectivity index (χ3n) is 5.87. The number of hydrazone groups is 1. The van der Waals surface area contributed by atoms with Gasteiger partial charge in [-0.25, -0.2) is 4.79 Å². The summed E-state index contributed by atoms with van der Waals surface area (Å²) in [5.74, 6) is -0.909. The van der Waals surface area contributed by atoms with Crippen molar-refractivity contribution in [2.75, 3.05) is 39.3 Å². The van der Waals surface area contributed by atoms with Crippen molar-refractivity contribution in [3.63, 3.8) is 0 Å². The number of oxime groups is 1. The molecule has 2 saturated heterocycles. The summed E-state index contributed by atoms with van der Waals surface area (Å²) in [6.07, 6.45) is 7.00. The normalized spacial score (nSPS) is 23.1. The summed E-state index contributed by atoms with van der Waals surface area (Å²) in [7, 11) is 0. The number of piperidine rings is 1. The first kappa shape index (κ1) is 20.8. The van der Waals surface area contributed by atoms with Crippen molar-refractivity contribution < 1.29 is 19.5 Å². The molecule has 1 N–H and O–H groups in total. The van der Waals surface area contributed by atoms with E-state index >= 15 is 0 Å². The predicted octanol–water partition coefficient (Wildman–Crippen LogP) is 2.17. The van der Waals surface area contributed by atoms with Gasteiger partial charge in [0.2, 0.25) is 0 Å². The zero-order chi connectivity index (χ0) is 20.8. The van der Waals surface area contributed by atoms with Crippen molar-refractivity contribution >= 4 is 17.9 Å². The first-order valence-corrected chi connectivity index (χ1v) is 10.8. The summed E-state index contributed by atoms with van der Waals surface area (Å²) in [5.41, 5.74) is 3.18. The number of likely N-dealkylation sites (tertiary alicyclic amines) is 1. The van der Waals surface area contributed by atoms with E-state index in [0.717, 1.165) is 68.8 Å². The molecule has 1 aromatic carbocycles. The largest absolute Gasteiger partial charge is 0.480 e. The lowest BCUT2D eigenvalue weighted by molar-refractivity contribution is -0.145. The fourth-order valence-corrected chi connectivity index (χ4v) is 4.16. The van der Waals surface area contributed by atoms with E-state index in [0.29, 0.717) is 0 Å². The van der Waals surface area contributed by atoms with E-state index in [1.165, 1.54) is 12.8 Å². The minimum absolute atomic E-state index is 0.0428. The number of ether oxygens (including phenoxy) is 1. The smallest absolute Gasteiger partial charge is 0.329 e. The lowest BCUT2D eigenvalue weighted by atomic mass is 10.0. The third-order valence-corrected chi connectivity index (χ3v) is 5.87. The van der Waals surface area contributed by atoms with Gasteiger partial charge in [-0.05, 0) is 36.8 Å². The number of rotatable bonds is 8. The van der Waals surface area contributed by atoms with Crippen LogP contribution in [0.2, 0.25) is 0 Å². The average molecular weight is 415 g/mol. The van der Waals surface area contributed by atoms with Crippen LogP contribution in [0.25, 0.3) is 0 Å². The van der Waals surface area contributed by atoms with E-state index in [-0.39, 0.29) is 18.8 Å². The minimum atomic E-state index is -0.909. The molecule has 0 amide bonds. The van der Waals surface area contributed by atoms with Crippen molar-refractivity contribution in [3.05, 3.63) is 35.4 Å². The Hall–Kier alpha value is -2.45. The van der Waals surface area contributed by atoms with Gasteiger partial charge < -0.3 is 14.7 Å². The molecule has 8 nitrogen and oxygen atoms in total. The first-order valence-electron chi connectivity index (χ1n) is 10.8. The van der Waals surface area contributed by atoms with Gasteiger partial charge in [-0.2, -0.15) is 5.10 Å². The molecule has 1 aromatic rings. The number of carboxylic acid groups (broad SMARTS) is 1. The summed E-state index contributed by atoms with van der Waals surface area (Å²) >= 11 is 0. The molecule has 1 atom stereocenters. The van der Waals surface area contributed by atoms with Gasteiger partial charge in [0.25, 0.3) is 0 Å². The average Bonchev–Trinajstić information content (AvgIpc) is 3.44. The van der Waals surface area contributed by atoms with Crippen LogP contribution in [0.5, 0.6) is 0 Å². The minimum Gasteiger partial charge on any atom is -0.480 e. The van der Waals surface area contributed by atoms with Crippen LogP contribution in [0.15, 0.2) is 34.5 Å². The Morgan fingerprint density at radius 3 is 2.63 bits per heavy atom. The second kappa shape index (κ2) is 10.0. The molecule has 1 unspecified atom stereocenters. The molecular weight excluding hydrogens is 384 g/mol. The first-order chi connectivity index (χ1) is 14.7. The van der Waals surface area contributed by atoms with Crippen molar-refractivity contribution in [1.29, 1.82) is 0 Å². The molecule has 4 rings (SSSR count). The molecular formula is C22H30N4O4. The third kappa shape index (κ3) is 5.79. The topological polar surface area (TPSA) is 87.0 Å². The van der Waals surface area contributed by atoms with Gasteiger partial charge >= 0.3 is 5.97 Å². The maximum atomic E-state index is 10.6. The molecule has 2 fully saturated rings. The maximum Gasteiger partial charge on any atom is 0.329 e. The Morgan fingerprint density at radius 2 is 1.93 bits per heavy atom. The maximum absolute atomic E-state index is 10.6. The van der Waals surface area contributed by atoms with Crippen molar-refractivity contribution in [3.8, 4) is 0 Å². The molecule has 0 radical (unpaired) electrons. The lowest BCUT2D eigenvalue weighted by Crippen LogP contribution is -2.41. The molecule has 162 valence electrons. The number of hydrogen-bond donors (Lipinski definition) is 1. The van der Waals surface area contributed by atoms with E-state index in [2.05, 4.69) is 44.4 Å². The Kier molecular flexibility index (Phi) is 6.96. The van der Waals surface area contributed by atoms with Crippen LogP contribution in [0, 0.1) is 0 Å². The molecule has 3 heterocycles. The quantitative estimate of drug-likeness (QED) is 0.656. The van der Waals surface area contributed by atoms with Crippen molar-refractivity contribution in [2.24, 2.45) is 10.3 Å². The fraction of sp³-hybridized carbons (Fsp3) is 0.591. The molecule has 3 aliphatic rings. The van der Waals surface area contributed by atoms with Crippen LogP contribution >= 0.6 is 0 Å². The Balaban J connectivity index is 1.20. The Morgan fingerprint density at radius 1 is 1.20 bits per heavy atom. The highest BCUT2D eigenvalue weighted by Gasteiger charge is 2.27. The number of nitrogens with zero attached hydrogens (tertiary/aromatic N) is 4. The van der Waals surface area contributed by atoms with Crippen LogP contribution in [0.1, 0.15) is 43.2 Å². The predicted molar refractivity (Wildman–Crippen MR) is 114 cm³/mol. The summed E-state index contributed by atoms with van der Waals surface area (Å²) in [6.45, 7) is 4.51. The Labute approximate surface area is 177 Å². The van der Waals surface area contributed by atoms with E-state index in [4.69, 9.17) is 14.7 Å². The van der Waals surface area contributed by atoms with Crippen LogP contribution in [0.4, 0.5) is 0 Å². The summed E-state index contributed by atoms with van der Waals surface area (Å²) in [4.78, 5) is 18.6. The van der Waals surface area contributed by atoms with E-state index in [1.807, 2.05) is 6.21 Å². The van der Waals surface area contributed by atoms with Gasteiger partial charge in [-0.3, -0.25) is 9.91 Å². The van der Waals surface area contributed by atoms with Crippen LogP contribution in [0.3, 0.4) is 0 Å². The SMILES string of the molecule is O=C(O)COC1CCN(CC2CC(c3ccc(C=NN4CCCC4)cc3)=NO2)CC1. The van der Waals surface area contributed by atoms with E-state index < -0.39 is 5.97 Å². The van der Waals surface area contributed by atoms with Crippen LogP contribution in [-0.4, -0.2) is 84.4 Å². The molecule has 3 aliphatic heterocycles. The summed E-state index contributed by atoms with van der Waals surface area (Å²) < 4.78 is 5.40. The Bertz CT molecular complexity index is 766.